The van der Waals surface area contributed by atoms with Crippen molar-refractivity contribution in [2.24, 2.45) is 0 Å². The molecule has 0 fully saturated rings. The lowest BCUT2D eigenvalue weighted by Crippen LogP contribution is -2.30. The lowest BCUT2D eigenvalue weighted by atomic mass is 10.1. The summed E-state index contributed by atoms with van der Waals surface area (Å²) in [5.41, 5.74) is 6.90. The Bertz CT molecular complexity index is 533. The second-order valence-electron chi connectivity index (χ2n) is 4.40. The molecular weight excluding hydrogens is 228 g/mol. The van der Waals surface area contributed by atoms with E-state index in [0.717, 1.165) is 11.3 Å². The average Bonchev–Trinajstić information content (AvgIpc) is 2.33. The first-order valence-electron chi connectivity index (χ1n) is 5.77. The molecule has 0 aromatic heterocycles. The second-order valence-corrected chi connectivity index (χ2v) is 4.40. The smallest absolute Gasteiger partial charge is 0.333 e. The quantitative estimate of drug-likeness (QED) is 0.857. The third-order valence-electron chi connectivity index (χ3n) is 2.82. The lowest BCUT2D eigenvalue weighted by molar-refractivity contribution is -0.132. The van der Waals surface area contributed by atoms with Crippen molar-refractivity contribution in [1.29, 1.82) is 0 Å². The standard InChI is InChI=1S/C14H16N2O2/c1-10-5-6-13(11(2)8-10)15-16-7-3-4-12(9-16)14(17)18/h3-8,15H,9H2,1-2H3,(H,17,18). The number of rotatable bonds is 3. The second kappa shape index (κ2) is 4.96. The number of nitrogens with zero attached hydrogens (tertiary/aromatic N) is 1. The molecule has 1 aliphatic rings. The molecule has 0 spiro atoms. The monoisotopic (exact) mass is 244 g/mol. The summed E-state index contributed by atoms with van der Waals surface area (Å²) >= 11 is 0. The van der Waals surface area contributed by atoms with E-state index in [4.69, 9.17) is 5.11 Å². The molecule has 18 heavy (non-hydrogen) atoms. The number of nitrogens with one attached hydrogen (secondary N) is 1. The molecule has 0 atom stereocenters. The van der Waals surface area contributed by atoms with Gasteiger partial charge in [0.05, 0.1) is 17.8 Å². The van der Waals surface area contributed by atoms with Crippen molar-refractivity contribution in [3.05, 3.63) is 53.3 Å². The highest BCUT2D eigenvalue weighted by Crippen LogP contribution is 2.18. The van der Waals surface area contributed by atoms with Gasteiger partial charge in [-0.2, -0.15) is 0 Å². The van der Waals surface area contributed by atoms with Crippen LogP contribution in [0.25, 0.3) is 0 Å². The van der Waals surface area contributed by atoms with Gasteiger partial charge in [0.2, 0.25) is 0 Å². The first-order valence-corrected chi connectivity index (χ1v) is 5.77. The van der Waals surface area contributed by atoms with Gasteiger partial charge >= 0.3 is 5.97 Å². The Labute approximate surface area is 106 Å². The molecule has 0 saturated carbocycles. The molecule has 94 valence electrons. The Kier molecular flexibility index (Phi) is 3.37. The molecule has 2 rings (SSSR count). The van der Waals surface area contributed by atoms with E-state index in [-0.39, 0.29) is 0 Å². The highest BCUT2D eigenvalue weighted by Gasteiger charge is 2.13. The fourth-order valence-corrected chi connectivity index (χ4v) is 1.86. The number of aliphatic carboxylic acids is 1. The Balaban J connectivity index is 2.09. The summed E-state index contributed by atoms with van der Waals surface area (Å²) < 4.78 is 0. The van der Waals surface area contributed by atoms with Crippen molar-refractivity contribution in [1.82, 2.24) is 5.01 Å². The molecule has 1 aromatic rings. The van der Waals surface area contributed by atoms with Crippen molar-refractivity contribution in [3.8, 4) is 0 Å². The molecule has 2 N–H and O–H groups in total. The number of aryl methyl sites for hydroxylation is 2. The predicted molar refractivity (Wildman–Crippen MR) is 71.1 cm³/mol. The van der Waals surface area contributed by atoms with Gasteiger partial charge in [0, 0.05) is 6.20 Å². The largest absolute Gasteiger partial charge is 0.478 e. The summed E-state index contributed by atoms with van der Waals surface area (Å²) in [7, 11) is 0. The van der Waals surface area contributed by atoms with Crippen molar-refractivity contribution < 1.29 is 9.90 Å². The number of carboxylic acids is 1. The first kappa shape index (κ1) is 12.2. The number of carbonyl (C=O) groups is 1. The minimum absolute atomic E-state index is 0.346. The zero-order valence-corrected chi connectivity index (χ0v) is 10.5. The van der Waals surface area contributed by atoms with Crippen molar-refractivity contribution in [2.45, 2.75) is 13.8 Å². The molecule has 0 radical (unpaired) electrons. The molecule has 0 saturated heterocycles. The zero-order chi connectivity index (χ0) is 13.1. The minimum atomic E-state index is -0.883. The third-order valence-corrected chi connectivity index (χ3v) is 2.82. The van der Waals surface area contributed by atoms with Crippen LogP contribution in [0.3, 0.4) is 0 Å². The van der Waals surface area contributed by atoms with Crippen molar-refractivity contribution in [3.63, 3.8) is 0 Å². The summed E-state index contributed by atoms with van der Waals surface area (Å²) in [6, 6.07) is 6.11. The van der Waals surface area contributed by atoms with Gasteiger partial charge in [0.15, 0.2) is 0 Å². The number of hydrogen-bond donors (Lipinski definition) is 2. The van der Waals surface area contributed by atoms with Gasteiger partial charge in [0.1, 0.15) is 0 Å². The van der Waals surface area contributed by atoms with E-state index in [1.54, 1.807) is 17.2 Å². The maximum Gasteiger partial charge on any atom is 0.333 e. The average molecular weight is 244 g/mol. The number of anilines is 1. The summed E-state index contributed by atoms with van der Waals surface area (Å²) in [6.07, 6.45) is 5.16. The highest BCUT2D eigenvalue weighted by atomic mass is 16.4. The van der Waals surface area contributed by atoms with Crippen LogP contribution in [0.2, 0.25) is 0 Å². The van der Waals surface area contributed by atoms with Crippen molar-refractivity contribution in [2.75, 3.05) is 12.0 Å². The number of hydrazine groups is 1. The van der Waals surface area contributed by atoms with Crippen LogP contribution in [0.4, 0.5) is 5.69 Å². The topological polar surface area (TPSA) is 52.6 Å². The summed E-state index contributed by atoms with van der Waals surface area (Å²) in [5, 5.41) is 10.7. The fourth-order valence-electron chi connectivity index (χ4n) is 1.86. The van der Waals surface area contributed by atoms with Crippen LogP contribution >= 0.6 is 0 Å². The summed E-state index contributed by atoms with van der Waals surface area (Å²) in [6.45, 7) is 4.42. The molecule has 0 unspecified atom stereocenters. The molecule has 1 heterocycles. The van der Waals surface area contributed by atoms with Crippen LogP contribution in [0.1, 0.15) is 11.1 Å². The summed E-state index contributed by atoms with van der Waals surface area (Å²) in [4.78, 5) is 10.9. The number of benzene rings is 1. The molecule has 0 amide bonds. The third kappa shape index (κ3) is 2.71. The van der Waals surface area contributed by atoms with Crippen LogP contribution in [0.15, 0.2) is 42.1 Å². The molecule has 1 aliphatic heterocycles. The van der Waals surface area contributed by atoms with E-state index < -0.39 is 5.97 Å². The van der Waals surface area contributed by atoms with Crippen LogP contribution in [0, 0.1) is 13.8 Å². The normalized spacial score (nSPS) is 14.3. The number of carboxylic acid groups (broad SMARTS) is 1. The van der Waals surface area contributed by atoms with Crippen LogP contribution in [0.5, 0.6) is 0 Å². The Hall–Kier alpha value is -2.23. The fraction of sp³-hybridized carbons (Fsp3) is 0.214. The molecular formula is C14H16N2O2. The maximum absolute atomic E-state index is 10.9. The predicted octanol–water partition coefficient (Wildman–Crippen LogP) is 2.47. The van der Waals surface area contributed by atoms with Crippen LogP contribution in [-0.4, -0.2) is 22.6 Å². The van der Waals surface area contributed by atoms with Gasteiger partial charge in [0.25, 0.3) is 0 Å². The highest BCUT2D eigenvalue weighted by molar-refractivity contribution is 5.87. The van der Waals surface area contributed by atoms with E-state index >= 15 is 0 Å². The number of allylic oxidation sites excluding steroid dienone is 2. The SMILES string of the molecule is Cc1ccc(NN2C=CC=C(C(=O)O)C2)c(C)c1. The Morgan fingerprint density at radius 2 is 2.17 bits per heavy atom. The van der Waals surface area contributed by atoms with Gasteiger partial charge in [-0.1, -0.05) is 17.7 Å². The maximum atomic E-state index is 10.9. The van der Waals surface area contributed by atoms with E-state index in [0.29, 0.717) is 12.1 Å². The molecule has 4 heteroatoms. The van der Waals surface area contributed by atoms with E-state index in [1.165, 1.54) is 5.56 Å². The van der Waals surface area contributed by atoms with Gasteiger partial charge in [-0.3, -0.25) is 10.4 Å². The first-order chi connectivity index (χ1) is 8.56. The summed E-state index contributed by atoms with van der Waals surface area (Å²) in [5.74, 6) is -0.883. The van der Waals surface area contributed by atoms with E-state index in [1.807, 2.05) is 32.2 Å². The number of hydrogen-bond acceptors (Lipinski definition) is 3. The van der Waals surface area contributed by atoms with E-state index in [2.05, 4.69) is 11.5 Å². The van der Waals surface area contributed by atoms with Gasteiger partial charge in [-0.05, 0) is 37.6 Å². The van der Waals surface area contributed by atoms with Crippen LogP contribution < -0.4 is 5.43 Å². The minimum Gasteiger partial charge on any atom is -0.478 e. The van der Waals surface area contributed by atoms with Gasteiger partial charge in [-0.25, -0.2) is 4.79 Å². The molecule has 4 nitrogen and oxygen atoms in total. The zero-order valence-electron chi connectivity index (χ0n) is 10.5. The molecule has 1 aromatic carbocycles. The lowest BCUT2D eigenvalue weighted by Gasteiger charge is -2.25. The van der Waals surface area contributed by atoms with Crippen LogP contribution in [-0.2, 0) is 4.79 Å². The van der Waals surface area contributed by atoms with Gasteiger partial charge < -0.3 is 5.11 Å². The molecule has 0 aliphatic carbocycles. The molecule has 0 bridgehead atoms. The van der Waals surface area contributed by atoms with Gasteiger partial charge in [-0.15, -0.1) is 0 Å². The van der Waals surface area contributed by atoms with Crippen molar-refractivity contribution >= 4 is 11.7 Å². The van der Waals surface area contributed by atoms with E-state index in [9.17, 15) is 4.79 Å². The Morgan fingerprint density at radius 3 is 2.83 bits per heavy atom. The Morgan fingerprint density at radius 1 is 1.39 bits per heavy atom.